The van der Waals surface area contributed by atoms with E-state index in [4.69, 9.17) is 5.11 Å². The second-order valence-electron chi connectivity index (χ2n) is 4.30. The Kier molecular flexibility index (Phi) is 3.75. The van der Waals surface area contributed by atoms with Gasteiger partial charge in [0.25, 0.3) is 0 Å². The fourth-order valence-corrected chi connectivity index (χ4v) is 1.68. The van der Waals surface area contributed by atoms with Crippen LogP contribution < -0.4 is 5.32 Å². The number of aromatic nitrogens is 2. The minimum Gasteiger partial charge on any atom is -0.478 e. The number of pyridine rings is 2. The summed E-state index contributed by atoms with van der Waals surface area (Å²) in [5, 5.41) is 12.1. The summed E-state index contributed by atoms with van der Waals surface area (Å²) in [5.41, 5.74) is 2.75. The van der Waals surface area contributed by atoms with E-state index in [-0.39, 0.29) is 5.56 Å². The smallest absolute Gasteiger partial charge is 0.337 e. The van der Waals surface area contributed by atoms with Crippen LogP contribution in [0.3, 0.4) is 0 Å². The van der Waals surface area contributed by atoms with Crippen molar-refractivity contribution in [1.82, 2.24) is 9.97 Å². The summed E-state index contributed by atoms with van der Waals surface area (Å²) in [5.74, 6) is -0.303. The summed E-state index contributed by atoms with van der Waals surface area (Å²) in [4.78, 5) is 19.3. The van der Waals surface area contributed by atoms with Gasteiger partial charge in [0.15, 0.2) is 0 Å². The molecule has 0 aliphatic heterocycles. The molecule has 2 rings (SSSR count). The average Bonchev–Trinajstić information content (AvgIpc) is 2.37. The number of carboxylic acid groups (broad SMARTS) is 1. The molecule has 0 atom stereocenters. The molecule has 0 radical (unpaired) electrons. The van der Waals surface area contributed by atoms with Crippen molar-refractivity contribution < 1.29 is 9.90 Å². The van der Waals surface area contributed by atoms with Gasteiger partial charge in [-0.1, -0.05) is 6.07 Å². The lowest BCUT2D eigenvalue weighted by Gasteiger charge is -2.07. The topological polar surface area (TPSA) is 75.1 Å². The van der Waals surface area contributed by atoms with Gasteiger partial charge < -0.3 is 10.4 Å². The predicted molar refractivity (Wildman–Crippen MR) is 72.2 cm³/mol. The van der Waals surface area contributed by atoms with E-state index in [1.54, 1.807) is 25.3 Å². The molecule has 0 amide bonds. The molecule has 0 aliphatic carbocycles. The van der Waals surface area contributed by atoms with Crippen molar-refractivity contribution in [3.8, 4) is 0 Å². The maximum atomic E-state index is 10.9. The minimum absolute atomic E-state index is 0.225. The van der Waals surface area contributed by atoms with E-state index in [2.05, 4.69) is 15.3 Å². The number of nitrogens with zero attached hydrogens (tertiary/aromatic N) is 2. The Morgan fingerprint density at radius 1 is 1.26 bits per heavy atom. The molecule has 0 unspecified atom stereocenters. The number of rotatable bonds is 4. The number of carbonyl (C=O) groups is 1. The molecule has 0 aliphatic rings. The molecule has 0 saturated carbocycles. The second kappa shape index (κ2) is 5.48. The van der Waals surface area contributed by atoms with Crippen LogP contribution in [0.15, 0.2) is 30.5 Å². The van der Waals surface area contributed by atoms with Gasteiger partial charge in [0.1, 0.15) is 5.82 Å². The van der Waals surface area contributed by atoms with Gasteiger partial charge in [-0.15, -0.1) is 0 Å². The first-order chi connectivity index (χ1) is 9.06. The molecular formula is C14H15N3O2. The number of carboxylic acids is 1. The zero-order valence-corrected chi connectivity index (χ0v) is 10.8. The van der Waals surface area contributed by atoms with E-state index >= 15 is 0 Å². The summed E-state index contributed by atoms with van der Waals surface area (Å²) in [7, 11) is 0. The monoisotopic (exact) mass is 257 g/mol. The SMILES string of the molecule is Cc1ccc(CNc2ccc(C(=O)O)c(C)n2)cn1. The van der Waals surface area contributed by atoms with Gasteiger partial charge in [-0.25, -0.2) is 9.78 Å². The fraction of sp³-hybridized carbons (Fsp3) is 0.214. The van der Waals surface area contributed by atoms with Gasteiger partial charge in [-0.05, 0) is 37.6 Å². The number of aromatic carboxylic acids is 1. The average molecular weight is 257 g/mol. The van der Waals surface area contributed by atoms with Crippen molar-refractivity contribution in [3.63, 3.8) is 0 Å². The van der Waals surface area contributed by atoms with Crippen molar-refractivity contribution in [3.05, 3.63) is 53.0 Å². The Morgan fingerprint density at radius 2 is 2.05 bits per heavy atom. The third-order valence-corrected chi connectivity index (χ3v) is 2.76. The largest absolute Gasteiger partial charge is 0.478 e. The Hall–Kier alpha value is -2.43. The van der Waals surface area contributed by atoms with E-state index in [1.165, 1.54) is 0 Å². The predicted octanol–water partition coefficient (Wildman–Crippen LogP) is 2.40. The van der Waals surface area contributed by atoms with Crippen LogP contribution in [0.1, 0.15) is 27.3 Å². The van der Waals surface area contributed by atoms with Gasteiger partial charge >= 0.3 is 5.97 Å². The van der Waals surface area contributed by atoms with Crippen LogP contribution in [0.25, 0.3) is 0 Å². The quantitative estimate of drug-likeness (QED) is 0.879. The van der Waals surface area contributed by atoms with E-state index < -0.39 is 5.97 Å². The van der Waals surface area contributed by atoms with Gasteiger partial charge in [0.05, 0.1) is 11.3 Å². The van der Waals surface area contributed by atoms with E-state index in [9.17, 15) is 4.79 Å². The Labute approximate surface area is 111 Å². The molecule has 0 saturated heterocycles. The first kappa shape index (κ1) is 13.0. The maximum Gasteiger partial charge on any atom is 0.337 e. The van der Waals surface area contributed by atoms with Crippen LogP contribution in [0.5, 0.6) is 0 Å². The summed E-state index contributed by atoms with van der Waals surface area (Å²) >= 11 is 0. The van der Waals surface area contributed by atoms with Crippen molar-refractivity contribution >= 4 is 11.8 Å². The maximum absolute atomic E-state index is 10.9. The van der Waals surface area contributed by atoms with E-state index in [1.807, 2.05) is 19.1 Å². The molecular weight excluding hydrogens is 242 g/mol. The molecule has 2 N–H and O–H groups in total. The zero-order valence-electron chi connectivity index (χ0n) is 10.8. The van der Waals surface area contributed by atoms with Crippen LogP contribution in [0, 0.1) is 13.8 Å². The van der Waals surface area contributed by atoms with Crippen molar-refractivity contribution in [1.29, 1.82) is 0 Å². The highest BCUT2D eigenvalue weighted by Gasteiger charge is 2.08. The summed E-state index contributed by atoms with van der Waals surface area (Å²) in [6.45, 7) is 4.22. The fourth-order valence-electron chi connectivity index (χ4n) is 1.68. The second-order valence-corrected chi connectivity index (χ2v) is 4.30. The Morgan fingerprint density at radius 3 is 2.63 bits per heavy atom. The number of anilines is 1. The van der Waals surface area contributed by atoms with Gasteiger partial charge in [0, 0.05) is 18.4 Å². The molecule has 0 bridgehead atoms. The van der Waals surface area contributed by atoms with Crippen LogP contribution in [-0.2, 0) is 6.54 Å². The lowest BCUT2D eigenvalue weighted by molar-refractivity contribution is 0.0695. The summed E-state index contributed by atoms with van der Waals surface area (Å²) in [6, 6.07) is 7.16. The molecule has 0 aromatic carbocycles. The minimum atomic E-state index is -0.959. The van der Waals surface area contributed by atoms with Crippen LogP contribution in [0.4, 0.5) is 5.82 Å². The number of hydrogen-bond acceptors (Lipinski definition) is 4. The van der Waals surface area contributed by atoms with Crippen molar-refractivity contribution in [2.75, 3.05) is 5.32 Å². The number of nitrogens with one attached hydrogen (secondary N) is 1. The zero-order chi connectivity index (χ0) is 13.8. The van der Waals surface area contributed by atoms with Gasteiger partial charge in [0.2, 0.25) is 0 Å². The third-order valence-electron chi connectivity index (χ3n) is 2.76. The van der Waals surface area contributed by atoms with Crippen LogP contribution in [0.2, 0.25) is 0 Å². The van der Waals surface area contributed by atoms with E-state index in [0.29, 0.717) is 18.1 Å². The summed E-state index contributed by atoms with van der Waals surface area (Å²) < 4.78 is 0. The van der Waals surface area contributed by atoms with Gasteiger partial charge in [-0.2, -0.15) is 0 Å². The summed E-state index contributed by atoms with van der Waals surface area (Å²) in [6.07, 6.45) is 1.81. The van der Waals surface area contributed by atoms with Crippen LogP contribution >= 0.6 is 0 Å². The van der Waals surface area contributed by atoms with Crippen molar-refractivity contribution in [2.45, 2.75) is 20.4 Å². The molecule has 98 valence electrons. The Balaban J connectivity index is 2.06. The highest BCUT2D eigenvalue weighted by molar-refractivity contribution is 5.89. The van der Waals surface area contributed by atoms with Crippen molar-refractivity contribution in [2.24, 2.45) is 0 Å². The molecule has 2 aromatic heterocycles. The molecule has 5 nitrogen and oxygen atoms in total. The lowest BCUT2D eigenvalue weighted by atomic mass is 10.2. The third kappa shape index (κ3) is 3.28. The number of aryl methyl sites for hydroxylation is 2. The molecule has 19 heavy (non-hydrogen) atoms. The first-order valence-corrected chi connectivity index (χ1v) is 5.92. The molecule has 2 heterocycles. The normalized spacial score (nSPS) is 10.2. The first-order valence-electron chi connectivity index (χ1n) is 5.92. The number of hydrogen-bond donors (Lipinski definition) is 2. The Bertz CT molecular complexity index is 594. The molecule has 0 fully saturated rings. The standard InChI is InChI=1S/C14H15N3O2/c1-9-3-4-11(7-15-9)8-16-13-6-5-12(14(18)19)10(2)17-13/h3-7H,8H2,1-2H3,(H,16,17)(H,18,19). The highest BCUT2D eigenvalue weighted by Crippen LogP contribution is 2.11. The van der Waals surface area contributed by atoms with Crippen LogP contribution in [-0.4, -0.2) is 21.0 Å². The van der Waals surface area contributed by atoms with E-state index in [0.717, 1.165) is 11.3 Å². The molecule has 2 aromatic rings. The molecule has 0 spiro atoms. The lowest BCUT2D eigenvalue weighted by Crippen LogP contribution is -2.06. The highest BCUT2D eigenvalue weighted by atomic mass is 16.4. The van der Waals surface area contributed by atoms with Gasteiger partial charge in [-0.3, -0.25) is 4.98 Å². The molecule has 5 heteroatoms.